The van der Waals surface area contributed by atoms with Crippen molar-refractivity contribution in [3.05, 3.63) is 53.2 Å². The van der Waals surface area contributed by atoms with Crippen molar-refractivity contribution in [1.29, 1.82) is 0 Å². The molecule has 20 heavy (non-hydrogen) atoms. The van der Waals surface area contributed by atoms with Gasteiger partial charge in [0.25, 0.3) is 0 Å². The Morgan fingerprint density at radius 3 is 2.45 bits per heavy atom. The molecule has 0 unspecified atom stereocenters. The number of nitrogens with zero attached hydrogens (tertiary/aromatic N) is 1. The molecule has 98 valence electrons. The van der Waals surface area contributed by atoms with Crippen molar-refractivity contribution >= 4 is 54.0 Å². The minimum atomic E-state index is -0.348. The molecule has 4 rings (SSSR count). The van der Waals surface area contributed by atoms with Crippen molar-refractivity contribution in [3.8, 4) is 0 Å². The van der Waals surface area contributed by atoms with Crippen LogP contribution in [0.4, 0.5) is 8.78 Å². The van der Waals surface area contributed by atoms with Crippen LogP contribution in [0.3, 0.4) is 0 Å². The average molecular weight is 306 g/mol. The van der Waals surface area contributed by atoms with Gasteiger partial charge in [-0.1, -0.05) is 11.6 Å². The Kier molecular flexibility index (Phi) is 2.46. The third-order valence-corrected chi connectivity index (χ3v) is 4.85. The van der Waals surface area contributed by atoms with Crippen LogP contribution >= 0.6 is 22.9 Å². The summed E-state index contributed by atoms with van der Waals surface area (Å²) in [5.74, 6) is -0.673. The fourth-order valence-corrected chi connectivity index (χ4v) is 3.83. The van der Waals surface area contributed by atoms with E-state index in [4.69, 9.17) is 11.6 Å². The second-order valence-corrected chi connectivity index (χ2v) is 5.92. The molecule has 0 fully saturated rings. The van der Waals surface area contributed by atoms with E-state index in [1.54, 1.807) is 12.1 Å². The number of thiophene rings is 1. The summed E-state index contributed by atoms with van der Waals surface area (Å²) in [6, 6.07) is 8.90. The number of pyridine rings is 1. The van der Waals surface area contributed by atoms with E-state index in [1.165, 1.54) is 35.6 Å². The topological polar surface area (TPSA) is 12.9 Å². The highest BCUT2D eigenvalue weighted by molar-refractivity contribution is 7.26. The average Bonchev–Trinajstić information content (AvgIpc) is 2.79. The number of rotatable bonds is 0. The Morgan fingerprint density at radius 1 is 0.950 bits per heavy atom. The van der Waals surface area contributed by atoms with Gasteiger partial charge in [0.15, 0.2) is 0 Å². The molecule has 0 saturated heterocycles. The monoisotopic (exact) mass is 305 g/mol. The Balaban J connectivity index is 2.36. The van der Waals surface area contributed by atoms with Crippen molar-refractivity contribution in [2.75, 3.05) is 0 Å². The zero-order valence-corrected chi connectivity index (χ0v) is 11.5. The summed E-state index contributed by atoms with van der Waals surface area (Å²) in [6.45, 7) is 0. The summed E-state index contributed by atoms with van der Waals surface area (Å²) in [6.07, 6.45) is 0. The molecule has 0 aliphatic carbocycles. The molecule has 0 aliphatic rings. The van der Waals surface area contributed by atoms with Gasteiger partial charge in [0.1, 0.15) is 16.8 Å². The van der Waals surface area contributed by atoms with E-state index in [1.807, 2.05) is 0 Å². The summed E-state index contributed by atoms with van der Waals surface area (Å²) in [7, 11) is 0. The molecular formula is C15H6ClF2NS. The second-order valence-electron chi connectivity index (χ2n) is 4.51. The van der Waals surface area contributed by atoms with Crippen molar-refractivity contribution in [2.24, 2.45) is 0 Å². The van der Waals surface area contributed by atoms with Crippen LogP contribution in [0, 0.1) is 11.6 Å². The zero-order valence-electron chi connectivity index (χ0n) is 9.95. The van der Waals surface area contributed by atoms with E-state index in [0.717, 1.165) is 20.2 Å². The number of halogens is 3. The first-order valence-electron chi connectivity index (χ1n) is 5.90. The van der Waals surface area contributed by atoms with Gasteiger partial charge in [0.05, 0.1) is 10.2 Å². The molecule has 5 heteroatoms. The van der Waals surface area contributed by atoms with Crippen LogP contribution in [-0.2, 0) is 0 Å². The van der Waals surface area contributed by atoms with Gasteiger partial charge >= 0.3 is 0 Å². The predicted octanol–water partition coefficient (Wildman–Crippen LogP) is 5.53. The van der Waals surface area contributed by atoms with Crippen LogP contribution in [0.25, 0.3) is 31.1 Å². The first kappa shape index (κ1) is 12.0. The number of aromatic nitrogens is 1. The lowest BCUT2D eigenvalue weighted by atomic mass is 10.1. The normalized spacial score (nSPS) is 11.8. The first-order chi connectivity index (χ1) is 9.63. The number of hydrogen-bond donors (Lipinski definition) is 0. The Morgan fingerprint density at radius 2 is 1.65 bits per heavy atom. The molecule has 0 bridgehead atoms. The maximum atomic E-state index is 13.5. The Bertz CT molecular complexity index is 994. The van der Waals surface area contributed by atoms with E-state index < -0.39 is 0 Å². The van der Waals surface area contributed by atoms with Crippen molar-refractivity contribution < 1.29 is 8.78 Å². The number of hydrogen-bond acceptors (Lipinski definition) is 2. The van der Waals surface area contributed by atoms with Gasteiger partial charge in [-0.05, 0) is 36.4 Å². The summed E-state index contributed by atoms with van der Waals surface area (Å²) < 4.78 is 28.7. The Labute approximate surface area is 121 Å². The van der Waals surface area contributed by atoms with Crippen molar-refractivity contribution in [3.63, 3.8) is 0 Å². The van der Waals surface area contributed by atoms with E-state index in [0.29, 0.717) is 16.1 Å². The lowest BCUT2D eigenvalue weighted by molar-refractivity contribution is 0.629. The molecule has 0 radical (unpaired) electrons. The number of benzene rings is 2. The molecule has 4 aromatic rings. The maximum Gasteiger partial charge on any atom is 0.147 e. The lowest BCUT2D eigenvalue weighted by Gasteiger charge is -2.02. The van der Waals surface area contributed by atoms with Crippen LogP contribution in [0.1, 0.15) is 0 Å². The summed E-state index contributed by atoms with van der Waals surface area (Å²) in [4.78, 5) is 4.28. The second kappa shape index (κ2) is 4.11. The fraction of sp³-hybridized carbons (Fsp3) is 0. The predicted molar refractivity (Wildman–Crippen MR) is 79.6 cm³/mol. The minimum Gasteiger partial charge on any atom is -0.235 e. The van der Waals surface area contributed by atoms with Crippen LogP contribution in [-0.4, -0.2) is 4.98 Å². The van der Waals surface area contributed by atoms with E-state index in [9.17, 15) is 8.78 Å². The summed E-state index contributed by atoms with van der Waals surface area (Å²) >= 11 is 7.63. The molecule has 2 aromatic heterocycles. The van der Waals surface area contributed by atoms with Crippen molar-refractivity contribution in [1.82, 2.24) is 4.98 Å². The molecule has 0 amide bonds. The first-order valence-corrected chi connectivity index (χ1v) is 7.09. The van der Waals surface area contributed by atoms with Crippen LogP contribution < -0.4 is 0 Å². The summed E-state index contributed by atoms with van der Waals surface area (Å²) in [5, 5.41) is 2.52. The highest BCUT2D eigenvalue weighted by Gasteiger charge is 2.14. The highest BCUT2D eigenvalue weighted by atomic mass is 35.5. The van der Waals surface area contributed by atoms with Gasteiger partial charge in [-0.3, -0.25) is 0 Å². The number of fused-ring (bicyclic) bond motifs is 5. The van der Waals surface area contributed by atoms with Gasteiger partial charge < -0.3 is 0 Å². The summed E-state index contributed by atoms with van der Waals surface area (Å²) in [5.41, 5.74) is 0.605. The lowest BCUT2D eigenvalue weighted by Crippen LogP contribution is -1.83. The van der Waals surface area contributed by atoms with E-state index in [2.05, 4.69) is 4.98 Å². The van der Waals surface area contributed by atoms with Crippen LogP contribution in [0.15, 0.2) is 36.4 Å². The minimum absolute atomic E-state index is 0.324. The Hall–Kier alpha value is -1.78. The molecule has 2 heterocycles. The third-order valence-electron chi connectivity index (χ3n) is 3.28. The molecule has 0 spiro atoms. The molecule has 0 N–H and O–H groups in total. The van der Waals surface area contributed by atoms with Crippen LogP contribution in [0.5, 0.6) is 0 Å². The maximum absolute atomic E-state index is 13.5. The molecule has 0 aliphatic heterocycles. The van der Waals surface area contributed by atoms with E-state index >= 15 is 0 Å². The molecular weight excluding hydrogens is 300 g/mol. The molecule has 2 aromatic carbocycles. The fourth-order valence-electron chi connectivity index (χ4n) is 2.45. The standard InChI is InChI=1S/C15H6ClF2NS/c16-15-14-13(9-5-7(17)1-3-11(9)19-15)10-6-8(18)2-4-12(10)20-14/h1-6H. The molecule has 0 atom stereocenters. The van der Waals surface area contributed by atoms with Gasteiger partial charge in [0.2, 0.25) is 0 Å². The van der Waals surface area contributed by atoms with E-state index in [-0.39, 0.29) is 11.6 Å². The smallest absolute Gasteiger partial charge is 0.147 e. The third kappa shape index (κ3) is 1.62. The molecule has 0 saturated carbocycles. The quantitative estimate of drug-likeness (QED) is 0.389. The van der Waals surface area contributed by atoms with Gasteiger partial charge in [0, 0.05) is 20.9 Å². The van der Waals surface area contributed by atoms with Gasteiger partial charge in [-0.25, -0.2) is 13.8 Å². The van der Waals surface area contributed by atoms with Crippen LogP contribution in [0.2, 0.25) is 5.15 Å². The largest absolute Gasteiger partial charge is 0.235 e. The van der Waals surface area contributed by atoms with Gasteiger partial charge in [-0.15, -0.1) is 11.3 Å². The van der Waals surface area contributed by atoms with Gasteiger partial charge in [-0.2, -0.15) is 0 Å². The highest BCUT2D eigenvalue weighted by Crippen LogP contribution is 2.41. The molecule has 1 nitrogen and oxygen atoms in total. The zero-order chi connectivity index (χ0) is 13.9. The van der Waals surface area contributed by atoms with Crippen molar-refractivity contribution in [2.45, 2.75) is 0 Å². The SMILES string of the molecule is Fc1ccc2nc(Cl)c3sc4ccc(F)cc4c3c2c1.